The molecule has 1 aliphatic carbocycles. The lowest BCUT2D eigenvalue weighted by Gasteiger charge is -2.30. The summed E-state index contributed by atoms with van der Waals surface area (Å²) in [6.45, 7) is 4.17. The number of aromatic nitrogens is 2. The topological polar surface area (TPSA) is 53.6 Å². The Hall–Kier alpha value is -1.50. The molecule has 0 aromatic carbocycles. The third-order valence-electron chi connectivity index (χ3n) is 3.77. The molecule has 0 amide bonds. The molecule has 4 nitrogen and oxygen atoms in total. The second kappa shape index (κ2) is 4.79. The zero-order chi connectivity index (χ0) is 12.4. The normalized spacial score (nSPS) is 24.4. The molecule has 1 heterocycles. The van der Waals surface area contributed by atoms with Gasteiger partial charge in [0.15, 0.2) is 0 Å². The molecule has 2 rings (SSSR count). The molecule has 0 aliphatic heterocycles. The summed E-state index contributed by atoms with van der Waals surface area (Å²) in [5, 5.41) is 17.0. The van der Waals surface area contributed by atoms with Gasteiger partial charge in [0.25, 0.3) is 0 Å². The summed E-state index contributed by atoms with van der Waals surface area (Å²) < 4.78 is 1.79. The molecule has 0 saturated heterocycles. The molecule has 1 aromatic heterocycles. The Bertz CT molecular complexity index is 441. The smallest absolute Gasteiger partial charge is 0.142 e. The number of anilines is 1. The van der Waals surface area contributed by atoms with E-state index in [9.17, 15) is 0 Å². The maximum absolute atomic E-state index is 9.16. The highest BCUT2D eigenvalue weighted by Crippen LogP contribution is 2.28. The minimum atomic E-state index is 0.477. The van der Waals surface area contributed by atoms with Crippen molar-refractivity contribution in [2.24, 2.45) is 13.0 Å². The molecule has 2 atom stereocenters. The Morgan fingerprint density at radius 3 is 2.76 bits per heavy atom. The number of nitrogens with one attached hydrogen (secondary N) is 1. The fourth-order valence-electron chi connectivity index (χ4n) is 2.66. The molecule has 0 spiro atoms. The molecular formula is C13H20N4. The Balaban J connectivity index is 2.21. The van der Waals surface area contributed by atoms with Crippen LogP contribution >= 0.6 is 0 Å². The Morgan fingerprint density at radius 1 is 1.41 bits per heavy atom. The molecule has 2 unspecified atom stereocenters. The zero-order valence-electron chi connectivity index (χ0n) is 10.8. The molecule has 1 N–H and O–H groups in total. The average molecular weight is 232 g/mol. The molecule has 1 aromatic rings. The quantitative estimate of drug-likeness (QED) is 0.852. The predicted octanol–water partition coefficient (Wildman–Crippen LogP) is 2.59. The van der Waals surface area contributed by atoms with E-state index in [0.29, 0.717) is 17.5 Å². The highest BCUT2D eigenvalue weighted by molar-refractivity contribution is 5.55. The first-order valence-electron chi connectivity index (χ1n) is 6.33. The monoisotopic (exact) mass is 232 g/mol. The summed E-state index contributed by atoms with van der Waals surface area (Å²) in [6.07, 6.45) is 5.07. The van der Waals surface area contributed by atoms with E-state index in [1.54, 1.807) is 4.68 Å². The van der Waals surface area contributed by atoms with Crippen LogP contribution in [0.2, 0.25) is 0 Å². The SMILES string of the molecule is Cc1nn(C)c(NC2CCCCC2C)c1C#N. The van der Waals surface area contributed by atoms with E-state index in [1.165, 1.54) is 25.7 Å². The molecular weight excluding hydrogens is 212 g/mol. The van der Waals surface area contributed by atoms with Gasteiger partial charge in [-0.3, -0.25) is 4.68 Å². The second-order valence-corrected chi connectivity index (χ2v) is 5.06. The highest BCUT2D eigenvalue weighted by atomic mass is 15.3. The fraction of sp³-hybridized carbons (Fsp3) is 0.692. The summed E-state index contributed by atoms with van der Waals surface area (Å²) in [5.74, 6) is 1.55. The largest absolute Gasteiger partial charge is 0.366 e. The van der Waals surface area contributed by atoms with E-state index < -0.39 is 0 Å². The highest BCUT2D eigenvalue weighted by Gasteiger charge is 2.23. The van der Waals surface area contributed by atoms with Crippen molar-refractivity contribution in [3.63, 3.8) is 0 Å². The van der Waals surface area contributed by atoms with Crippen molar-refractivity contribution in [3.05, 3.63) is 11.3 Å². The van der Waals surface area contributed by atoms with E-state index in [2.05, 4.69) is 23.4 Å². The zero-order valence-corrected chi connectivity index (χ0v) is 10.8. The molecule has 0 bridgehead atoms. The van der Waals surface area contributed by atoms with Crippen LogP contribution in [0.1, 0.15) is 43.9 Å². The van der Waals surface area contributed by atoms with Crippen LogP contribution < -0.4 is 5.32 Å². The van der Waals surface area contributed by atoms with Gasteiger partial charge >= 0.3 is 0 Å². The first kappa shape index (κ1) is 12.0. The van der Waals surface area contributed by atoms with Gasteiger partial charge in [0.1, 0.15) is 17.5 Å². The van der Waals surface area contributed by atoms with Crippen molar-refractivity contribution in [3.8, 4) is 6.07 Å². The van der Waals surface area contributed by atoms with Gasteiger partial charge in [-0.05, 0) is 25.7 Å². The number of hydrogen-bond acceptors (Lipinski definition) is 3. The van der Waals surface area contributed by atoms with Crippen molar-refractivity contribution in [2.75, 3.05) is 5.32 Å². The molecule has 92 valence electrons. The van der Waals surface area contributed by atoms with Crippen LogP contribution in [0.5, 0.6) is 0 Å². The Morgan fingerprint density at radius 2 is 2.12 bits per heavy atom. The number of nitriles is 1. The third-order valence-corrected chi connectivity index (χ3v) is 3.77. The molecule has 1 aliphatic rings. The summed E-state index contributed by atoms with van der Waals surface area (Å²) in [4.78, 5) is 0. The third kappa shape index (κ3) is 2.28. The van der Waals surface area contributed by atoms with Gasteiger partial charge in [-0.2, -0.15) is 10.4 Å². The maximum atomic E-state index is 9.16. The minimum Gasteiger partial charge on any atom is -0.366 e. The number of hydrogen-bond donors (Lipinski definition) is 1. The van der Waals surface area contributed by atoms with E-state index in [0.717, 1.165) is 11.5 Å². The van der Waals surface area contributed by atoms with E-state index in [1.807, 2.05) is 14.0 Å². The van der Waals surface area contributed by atoms with Crippen LogP contribution in [0.3, 0.4) is 0 Å². The lowest BCUT2D eigenvalue weighted by atomic mass is 9.86. The Kier molecular flexibility index (Phi) is 3.37. The summed E-state index contributed by atoms with van der Waals surface area (Å²) in [7, 11) is 1.89. The lowest BCUT2D eigenvalue weighted by molar-refractivity contribution is 0.348. The first-order valence-corrected chi connectivity index (χ1v) is 6.33. The molecule has 0 radical (unpaired) electrons. The van der Waals surface area contributed by atoms with Gasteiger partial charge < -0.3 is 5.32 Å². The molecule has 17 heavy (non-hydrogen) atoms. The van der Waals surface area contributed by atoms with Gasteiger partial charge in [0.2, 0.25) is 0 Å². The van der Waals surface area contributed by atoms with Gasteiger partial charge in [-0.15, -0.1) is 0 Å². The minimum absolute atomic E-state index is 0.477. The van der Waals surface area contributed by atoms with Crippen molar-refractivity contribution < 1.29 is 0 Å². The van der Waals surface area contributed by atoms with Gasteiger partial charge in [0.05, 0.1) is 5.69 Å². The predicted molar refractivity (Wildman–Crippen MR) is 67.7 cm³/mol. The summed E-state index contributed by atoms with van der Waals surface area (Å²) in [6, 6.07) is 2.72. The lowest BCUT2D eigenvalue weighted by Crippen LogP contribution is -2.31. The van der Waals surface area contributed by atoms with E-state index in [-0.39, 0.29) is 0 Å². The molecule has 1 fully saturated rings. The van der Waals surface area contributed by atoms with Crippen LogP contribution in [-0.2, 0) is 7.05 Å². The number of aryl methyl sites for hydroxylation is 2. The van der Waals surface area contributed by atoms with Crippen LogP contribution in [0.4, 0.5) is 5.82 Å². The Labute approximate surface area is 103 Å². The van der Waals surface area contributed by atoms with Crippen molar-refractivity contribution in [2.45, 2.75) is 45.6 Å². The van der Waals surface area contributed by atoms with Crippen LogP contribution in [0, 0.1) is 24.2 Å². The van der Waals surface area contributed by atoms with Crippen LogP contribution in [-0.4, -0.2) is 15.8 Å². The molecule has 1 saturated carbocycles. The van der Waals surface area contributed by atoms with Gasteiger partial charge in [-0.1, -0.05) is 19.8 Å². The van der Waals surface area contributed by atoms with Crippen molar-refractivity contribution in [1.29, 1.82) is 5.26 Å². The van der Waals surface area contributed by atoms with E-state index >= 15 is 0 Å². The number of rotatable bonds is 2. The van der Waals surface area contributed by atoms with Gasteiger partial charge in [0, 0.05) is 13.1 Å². The van der Waals surface area contributed by atoms with Crippen molar-refractivity contribution in [1.82, 2.24) is 9.78 Å². The van der Waals surface area contributed by atoms with Gasteiger partial charge in [-0.25, -0.2) is 0 Å². The summed E-state index contributed by atoms with van der Waals surface area (Å²) in [5.41, 5.74) is 1.49. The van der Waals surface area contributed by atoms with Crippen molar-refractivity contribution >= 4 is 5.82 Å². The van der Waals surface area contributed by atoms with Crippen LogP contribution in [0.15, 0.2) is 0 Å². The average Bonchev–Trinajstić information content (AvgIpc) is 2.56. The first-order chi connectivity index (χ1) is 8.13. The maximum Gasteiger partial charge on any atom is 0.142 e. The molecule has 4 heteroatoms. The van der Waals surface area contributed by atoms with Crippen LogP contribution in [0.25, 0.3) is 0 Å². The fourth-order valence-corrected chi connectivity index (χ4v) is 2.66. The van der Waals surface area contributed by atoms with E-state index in [4.69, 9.17) is 5.26 Å². The number of nitrogens with zero attached hydrogens (tertiary/aromatic N) is 3. The second-order valence-electron chi connectivity index (χ2n) is 5.06. The summed E-state index contributed by atoms with van der Waals surface area (Å²) >= 11 is 0. The standard InChI is InChI=1S/C13H20N4/c1-9-6-4-5-7-12(9)15-13-11(8-14)10(2)16-17(13)3/h9,12,15H,4-7H2,1-3H3.